The van der Waals surface area contributed by atoms with Crippen LogP contribution in [-0.4, -0.2) is 54.7 Å². The number of sulfonamides is 1. The minimum Gasteiger partial charge on any atom is -0.336 e. The number of benzene rings is 2. The highest BCUT2D eigenvalue weighted by molar-refractivity contribution is 7.89. The van der Waals surface area contributed by atoms with Crippen molar-refractivity contribution in [3.05, 3.63) is 71.1 Å². The number of nitrogens with zero attached hydrogens (tertiary/aromatic N) is 3. The summed E-state index contributed by atoms with van der Waals surface area (Å²) in [5, 5.41) is 1.17. The van der Waals surface area contributed by atoms with Crippen LogP contribution in [-0.2, 0) is 10.0 Å². The van der Waals surface area contributed by atoms with Crippen molar-refractivity contribution in [2.24, 2.45) is 0 Å². The number of hydrogen-bond acceptors (Lipinski definition) is 4. The maximum Gasteiger partial charge on any atom is 0.253 e. The van der Waals surface area contributed by atoms with Gasteiger partial charge in [-0.3, -0.25) is 4.79 Å². The van der Waals surface area contributed by atoms with Gasteiger partial charge in [-0.25, -0.2) is 17.8 Å². The molecule has 1 amide bonds. The number of fused-ring (bicyclic) bond motifs is 1. The van der Waals surface area contributed by atoms with E-state index in [2.05, 4.69) is 4.98 Å². The number of carbonyl (C=O) groups is 1. The second kappa shape index (κ2) is 7.70. The van der Waals surface area contributed by atoms with E-state index in [1.54, 1.807) is 35.2 Å². The lowest BCUT2D eigenvalue weighted by molar-refractivity contribution is 0.0698. The van der Waals surface area contributed by atoms with Crippen LogP contribution in [0, 0.1) is 5.82 Å². The number of halogens is 2. The van der Waals surface area contributed by atoms with Gasteiger partial charge < -0.3 is 4.90 Å². The molecule has 0 bridgehead atoms. The van der Waals surface area contributed by atoms with Crippen molar-refractivity contribution in [3.8, 4) is 0 Å². The molecule has 2 aromatic carbocycles. The van der Waals surface area contributed by atoms with Gasteiger partial charge in [-0.15, -0.1) is 0 Å². The Morgan fingerprint density at radius 2 is 1.72 bits per heavy atom. The molecule has 2 heterocycles. The number of aromatic nitrogens is 1. The average Bonchev–Trinajstić information content (AvgIpc) is 2.73. The first-order valence-electron chi connectivity index (χ1n) is 8.96. The van der Waals surface area contributed by atoms with Gasteiger partial charge in [-0.05, 0) is 42.5 Å². The Morgan fingerprint density at radius 1 is 1.00 bits per heavy atom. The highest BCUT2D eigenvalue weighted by Crippen LogP contribution is 2.22. The summed E-state index contributed by atoms with van der Waals surface area (Å²) in [7, 11) is -3.94. The molecule has 0 atom stereocenters. The van der Waals surface area contributed by atoms with E-state index in [0.717, 1.165) is 11.5 Å². The van der Waals surface area contributed by atoms with E-state index in [0.29, 0.717) is 16.2 Å². The SMILES string of the molecule is O=C(c1ccc2nc(Cl)ccc2c1)N1CCN(S(=O)(=O)c2ccccc2F)CC1. The predicted molar refractivity (Wildman–Crippen MR) is 108 cm³/mol. The zero-order chi connectivity index (χ0) is 20.6. The summed E-state index contributed by atoms with van der Waals surface area (Å²) in [5.41, 5.74) is 1.18. The lowest BCUT2D eigenvalue weighted by Gasteiger charge is -2.34. The topological polar surface area (TPSA) is 70.6 Å². The molecular weight excluding hydrogens is 417 g/mol. The molecule has 9 heteroatoms. The van der Waals surface area contributed by atoms with Crippen LogP contribution >= 0.6 is 11.6 Å². The molecule has 4 rings (SSSR count). The van der Waals surface area contributed by atoms with E-state index in [1.165, 1.54) is 22.5 Å². The van der Waals surface area contributed by atoms with Crippen LogP contribution in [0.5, 0.6) is 0 Å². The fourth-order valence-electron chi connectivity index (χ4n) is 3.34. The molecule has 0 aliphatic carbocycles. The van der Waals surface area contributed by atoms with Gasteiger partial charge in [0.2, 0.25) is 10.0 Å². The summed E-state index contributed by atoms with van der Waals surface area (Å²) < 4.78 is 40.5. The molecule has 1 aliphatic rings. The summed E-state index contributed by atoms with van der Waals surface area (Å²) in [6.07, 6.45) is 0. The van der Waals surface area contributed by atoms with Gasteiger partial charge in [0, 0.05) is 37.1 Å². The summed E-state index contributed by atoms with van der Waals surface area (Å²) in [6.45, 7) is 0.660. The van der Waals surface area contributed by atoms with Crippen molar-refractivity contribution in [3.63, 3.8) is 0 Å². The van der Waals surface area contributed by atoms with Gasteiger partial charge in [-0.1, -0.05) is 23.7 Å². The van der Waals surface area contributed by atoms with Crippen molar-refractivity contribution in [1.29, 1.82) is 0 Å². The molecule has 1 fully saturated rings. The summed E-state index contributed by atoms with van der Waals surface area (Å²) in [4.78, 5) is 18.3. The Bertz CT molecular complexity index is 1190. The molecule has 0 spiro atoms. The Labute approximate surface area is 172 Å². The molecule has 0 saturated carbocycles. The quantitative estimate of drug-likeness (QED) is 0.595. The first kappa shape index (κ1) is 19.8. The van der Waals surface area contributed by atoms with Gasteiger partial charge in [0.25, 0.3) is 5.91 Å². The molecular formula is C20H17ClFN3O3S. The van der Waals surface area contributed by atoms with E-state index in [9.17, 15) is 17.6 Å². The monoisotopic (exact) mass is 433 g/mol. The zero-order valence-corrected chi connectivity index (χ0v) is 16.8. The molecule has 1 saturated heterocycles. The average molecular weight is 434 g/mol. The Kier molecular flexibility index (Phi) is 5.24. The van der Waals surface area contributed by atoms with Crippen LogP contribution in [0.1, 0.15) is 10.4 Å². The molecule has 0 unspecified atom stereocenters. The largest absolute Gasteiger partial charge is 0.336 e. The Morgan fingerprint density at radius 3 is 2.45 bits per heavy atom. The van der Waals surface area contributed by atoms with E-state index < -0.39 is 15.8 Å². The third-order valence-electron chi connectivity index (χ3n) is 4.88. The van der Waals surface area contributed by atoms with Crippen molar-refractivity contribution >= 4 is 38.4 Å². The molecule has 6 nitrogen and oxygen atoms in total. The maximum atomic E-state index is 13.9. The lowest BCUT2D eigenvalue weighted by atomic mass is 10.1. The van der Waals surface area contributed by atoms with Gasteiger partial charge in [0.15, 0.2) is 0 Å². The van der Waals surface area contributed by atoms with Crippen molar-refractivity contribution < 1.29 is 17.6 Å². The minimum atomic E-state index is -3.94. The van der Waals surface area contributed by atoms with Crippen LogP contribution in [0.25, 0.3) is 10.9 Å². The third kappa shape index (κ3) is 3.83. The number of piperazine rings is 1. The number of carbonyl (C=O) groups excluding carboxylic acids is 1. The Hall–Kier alpha value is -2.55. The van der Waals surface area contributed by atoms with Gasteiger partial charge in [-0.2, -0.15) is 4.31 Å². The number of pyridine rings is 1. The first-order chi connectivity index (χ1) is 13.9. The van der Waals surface area contributed by atoms with E-state index >= 15 is 0 Å². The van der Waals surface area contributed by atoms with E-state index in [1.807, 2.05) is 0 Å². The van der Waals surface area contributed by atoms with Crippen LogP contribution < -0.4 is 0 Å². The normalized spacial score (nSPS) is 15.6. The van der Waals surface area contributed by atoms with Crippen LogP contribution in [0.2, 0.25) is 5.15 Å². The second-order valence-electron chi connectivity index (χ2n) is 6.67. The fraction of sp³-hybridized carbons (Fsp3) is 0.200. The summed E-state index contributed by atoms with van der Waals surface area (Å²) in [6, 6.07) is 13.9. The minimum absolute atomic E-state index is 0.104. The summed E-state index contributed by atoms with van der Waals surface area (Å²) in [5.74, 6) is -0.972. The standard InChI is InChI=1S/C20H17ClFN3O3S/c21-19-8-6-14-13-15(5-7-17(14)23-19)20(26)24-9-11-25(12-10-24)29(27,28)18-4-2-1-3-16(18)22/h1-8,13H,9-12H2. The van der Waals surface area contributed by atoms with E-state index in [4.69, 9.17) is 11.6 Å². The maximum absolute atomic E-state index is 13.9. The van der Waals surface area contributed by atoms with Crippen LogP contribution in [0.4, 0.5) is 4.39 Å². The number of hydrogen-bond donors (Lipinski definition) is 0. The van der Waals surface area contributed by atoms with Crippen LogP contribution in [0.15, 0.2) is 59.5 Å². The van der Waals surface area contributed by atoms with E-state index in [-0.39, 0.29) is 37.0 Å². The predicted octanol–water partition coefficient (Wildman–Crippen LogP) is 3.17. The van der Waals surface area contributed by atoms with Gasteiger partial charge >= 0.3 is 0 Å². The summed E-state index contributed by atoms with van der Waals surface area (Å²) >= 11 is 5.88. The highest BCUT2D eigenvalue weighted by atomic mass is 35.5. The second-order valence-corrected chi connectivity index (χ2v) is 8.96. The fourth-order valence-corrected chi connectivity index (χ4v) is 4.98. The lowest BCUT2D eigenvalue weighted by Crippen LogP contribution is -2.50. The van der Waals surface area contributed by atoms with Crippen molar-refractivity contribution in [2.45, 2.75) is 4.90 Å². The third-order valence-corrected chi connectivity index (χ3v) is 7.02. The molecule has 3 aromatic rings. The number of rotatable bonds is 3. The van der Waals surface area contributed by atoms with Gasteiger partial charge in [0.05, 0.1) is 5.52 Å². The zero-order valence-electron chi connectivity index (χ0n) is 15.3. The molecule has 1 aromatic heterocycles. The molecule has 150 valence electrons. The van der Waals surface area contributed by atoms with Crippen molar-refractivity contribution in [2.75, 3.05) is 26.2 Å². The first-order valence-corrected chi connectivity index (χ1v) is 10.8. The molecule has 0 N–H and O–H groups in total. The van der Waals surface area contributed by atoms with Crippen molar-refractivity contribution in [1.82, 2.24) is 14.2 Å². The smallest absolute Gasteiger partial charge is 0.253 e. The number of amides is 1. The van der Waals surface area contributed by atoms with Gasteiger partial charge in [0.1, 0.15) is 15.9 Å². The van der Waals surface area contributed by atoms with Crippen LogP contribution in [0.3, 0.4) is 0 Å². The molecule has 1 aliphatic heterocycles. The molecule has 29 heavy (non-hydrogen) atoms. The molecule has 0 radical (unpaired) electrons. The Balaban J connectivity index is 1.49. The highest BCUT2D eigenvalue weighted by Gasteiger charge is 2.32.